The van der Waals surface area contributed by atoms with Gasteiger partial charge in [-0.1, -0.05) is 87.6 Å². The van der Waals surface area contributed by atoms with Gasteiger partial charge in [-0.05, 0) is 97.8 Å². The Morgan fingerprint density at radius 2 is 1.67 bits per heavy atom. The van der Waals surface area contributed by atoms with E-state index in [0.29, 0.717) is 17.8 Å². The molecular formula is C36H60O3. The molecule has 0 bridgehead atoms. The summed E-state index contributed by atoms with van der Waals surface area (Å²) >= 11 is 0. The van der Waals surface area contributed by atoms with E-state index < -0.39 is 0 Å². The Morgan fingerprint density at radius 1 is 1.05 bits per heavy atom. The molecule has 0 fully saturated rings. The van der Waals surface area contributed by atoms with Crippen LogP contribution in [0.1, 0.15) is 166 Å². The first-order valence-corrected chi connectivity index (χ1v) is 15.9. The van der Waals surface area contributed by atoms with Crippen LogP contribution in [0.3, 0.4) is 0 Å². The van der Waals surface area contributed by atoms with Gasteiger partial charge in [-0.2, -0.15) is 0 Å². The largest absolute Gasteiger partial charge is 0.300 e. The van der Waals surface area contributed by atoms with E-state index >= 15 is 0 Å². The zero-order valence-electron chi connectivity index (χ0n) is 27.4. The highest BCUT2D eigenvalue weighted by Crippen LogP contribution is 2.40. The van der Waals surface area contributed by atoms with Gasteiger partial charge in [0, 0.05) is 17.9 Å². The quantitative estimate of drug-likeness (QED) is 0.234. The van der Waals surface area contributed by atoms with Crippen LogP contribution in [0.2, 0.25) is 0 Å². The Balaban J connectivity index is 0.00000242. The molecule has 3 unspecified atom stereocenters. The lowest BCUT2D eigenvalue weighted by atomic mass is 9.70. The number of hydrogen-bond donors (Lipinski definition) is 0. The second kappa shape index (κ2) is 16.5. The molecule has 3 atom stereocenters. The molecule has 0 heterocycles. The smallest absolute Gasteiger partial charge is 0.163 e. The van der Waals surface area contributed by atoms with Crippen molar-refractivity contribution in [1.82, 2.24) is 0 Å². The van der Waals surface area contributed by atoms with E-state index in [1.807, 2.05) is 0 Å². The average Bonchev–Trinajstić information content (AvgIpc) is 2.80. The minimum absolute atomic E-state index is 0.0415. The van der Waals surface area contributed by atoms with E-state index in [4.69, 9.17) is 0 Å². The van der Waals surface area contributed by atoms with Crippen molar-refractivity contribution in [3.63, 3.8) is 0 Å². The first-order valence-electron chi connectivity index (χ1n) is 15.9. The SMILES string of the molecule is CCC.CCCC(CC1CC(=O)c2c(C)c(CCCC(C)(C)C)cc(C(C)C)c2C1)C(CC)C(=O)CC(C)=O. The number of aryl methyl sites for hydroxylation is 1. The fourth-order valence-electron chi connectivity index (χ4n) is 6.47. The van der Waals surface area contributed by atoms with Gasteiger partial charge in [0.1, 0.15) is 11.6 Å². The molecular weight excluding hydrogens is 480 g/mol. The van der Waals surface area contributed by atoms with Gasteiger partial charge in [-0.25, -0.2) is 0 Å². The average molecular weight is 541 g/mol. The second-order valence-electron chi connectivity index (χ2n) is 13.7. The maximum Gasteiger partial charge on any atom is 0.163 e. The molecule has 0 saturated carbocycles. The van der Waals surface area contributed by atoms with Crippen molar-refractivity contribution in [2.45, 2.75) is 153 Å². The van der Waals surface area contributed by atoms with Gasteiger partial charge in [0.25, 0.3) is 0 Å². The number of fused-ring (bicyclic) bond motifs is 1. The Labute approximate surface area is 241 Å². The molecule has 0 spiro atoms. The van der Waals surface area contributed by atoms with Gasteiger partial charge in [0.2, 0.25) is 0 Å². The number of benzene rings is 1. The molecule has 3 nitrogen and oxygen atoms in total. The van der Waals surface area contributed by atoms with E-state index in [0.717, 1.165) is 50.5 Å². The summed E-state index contributed by atoms with van der Waals surface area (Å²) in [6.07, 6.45) is 9.79. The molecule has 222 valence electrons. The monoisotopic (exact) mass is 540 g/mol. The van der Waals surface area contributed by atoms with Crippen LogP contribution in [0.4, 0.5) is 0 Å². The van der Waals surface area contributed by atoms with Gasteiger partial charge in [-0.3, -0.25) is 14.4 Å². The molecule has 0 N–H and O–H groups in total. The Bertz CT molecular complexity index is 947. The Hall–Kier alpha value is -1.77. The Kier molecular flexibility index (Phi) is 14.9. The second-order valence-corrected chi connectivity index (χ2v) is 13.7. The molecule has 0 aromatic heterocycles. The fraction of sp³-hybridized carbons (Fsp3) is 0.750. The molecule has 0 radical (unpaired) electrons. The third-order valence-electron chi connectivity index (χ3n) is 8.22. The molecule has 1 aromatic carbocycles. The lowest BCUT2D eigenvalue weighted by molar-refractivity contribution is -0.129. The summed E-state index contributed by atoms with van der Waals surface area (Å²) in [5.74, 6) is 1.13. The van der Waals surface area contributed by atoms with Crippen molar-refractivity contribution < 1.29 is 14.4 Å². The normalized spacial score (nSPS) is 16.8. The first kappa shape index (κ1) is 35.3. The standard InChI is InChI=1S/C33H52O3.C3H8/c1-10-13-26(27(11-2)30(35)16-22(5)34)17-24-18-29-28(21(3)4)20-25(14-12-15-33(7,8)9)23(6)32(29)31(36)19-24;1-3-2/h20-21,24,26-27H,10-19H2,1-9H3;3H2,1-2H3. The topological polar surface area (TPSA) is 51.2 Å². The third-order valence-corrected chi connectivity index (χ3v) is 8.22. The number of ketones is 3. The highest BCUT2D eigenvalue weighted by Gasteiger charge is 2.34. The van der Waals surface area contributed by atoms with Crippen molar-refractivity contribution in [3.05, 3.63) is 33.9 Å². The number of hydrogen-bond acceptors (Lipinski definition) is 3. The van der Waals surface area contributed by atoms with E-state index in [2.05, 4.69) is 75.3 Å². The highest BCUT2D eigenvalue weighted by molar-refractivity contribution is 6.01. The molecule has 0 saturated heterocycles. The predicted molar refractivity (Wildman–Crippen MR) is 167 cm³/mol. The summed E-state index contributed by atoms with van der Waals surface area (Å²) in [5.41, 5.74) is 6.46. The first-order chi connectivity index (χ1) is 18.2. The zero-order chi connectivity index (χ0) is 29.9. The minimum Gasteiger partial charge on any atom is -0.300 e. The molecule has 0 aliphatic heterocycles. The van der Waals surface area contributed by atoms with Crippen molar-refractivity contribution in [2.75, 3.05) is 0 Å². The van der Waals surface area contributed by atoms with Gasteiger partial charge in [-0.15, -0.1) is 0 Å². The summed E-state index contributed by atoms with van der Waals surface area (Å²) < 4.78 is 0. The summed E-state index contributed by atoms with van der Waals surface area (Å²) in [6.45, 7) is 23.5. The van der Waals surface area contributed by atoms with E-state index in [1.165, 1.54) is 42.0 Å². The van der Waals surface area contributed by atoms with Crippen molar-refractivity contribution >= 4 is 17.3 Å². The van der Waals surface area contributed by atoms with Crippen LogP contribution in [0.25, 0.3) is 0 Å². The van der Waals surface area contributed by atoms with Crippen LogP contribution in [0, 0.1) is 30.1 Å². The van der Waals surface area contributed by atoms with Crippen molar-refractivity contribution in [1.29, 1.82) is 0 Å². The van der Waals surface area contributed by atoms with Crippen molar-refractivity contribution in [3.8, 4) is 0 Å². The fourth-order valence-corrected chi connectivity index (χ4v) is 6.47. The predicted octanol–water partition coefficient (Wildman–Crippen LogP) is 10.0. The summed E-state index contributed by atoms with van der Waals surface area (Å²) in [4.78, 5) is 38.1. The van der Waals surface area contributed by atoms with Gasteiger partial charge in [0.05, 0.1) is 6.42 Å². The lowest BCUT2D eigenvalue weighted by Crippen LogP contribution is -2.30. The van der Waals surface area contributed by atoms with Crippen LogP contribution in [-0.4, -0.2) is 17.3 Å². The van der Waals surface area contributed by atoms with Gasteiger partial charge >= 0.3 is 0 Å². The van der Waals surface area contributed by atoms with Crippen LogP contribution < -0.4 is 0 Å². The van der Waals surface area contributed by atoms with Crippen LogP contribution in [0.5, 0.6) is 0 Å². The third kappa shape index (κ3) is 11.0. The number of rotatable bonds is 13. The van der Waals surface area contributed by atoms with Crippen LogP contribution in [-0.2, 0) is 22.4 Å². The summed E-state index contributed by atoms with van der Waals surface area (Å²) in [5, 5.41) is 0. The van der Waals surface area contributed by atoms with E-state index in [9.17, 15) is 14.4 Å². The van der Waals surface area contributed by atoms with E-state index in [-0.39, 0.29) is 41.5 Å². The summed E-state index contributed by atoms with van der Waals surface area (Å²) in [7, 11) is 0. The summed E-state index contributed by atoms with van der Waals surface area (Å²) in [6, 6.07) is 2.39. The van der Waals surface area contributed by atoms with Gasteiger partial charge in [0.15, 0.2) is 5.78 Å². The Morgan fingerprint density at radius 3 is 2.15 bits per heavy atom. The molecule has 39 heavy (non-hydrogen) atoms. The molecule has 1 aromatic rings. The highest BCUT2D eigenvalue weighted by atomic mass is 16.1. The van der Waals surface area contributed by atoms with Gasteiger partial charge < -0.3 is 0 Å². The molecule has 1 aliphatic rings. The number of Topliss-reactive ketones (excluding diaryl/α,β-unsaturated/α-hetero) is 3. The molecule has 2 rings (SSSR count). The maximum atomic E-state index is 13.6. The molecule has 3 heteroatoms. The van der Waals surface area contributed by atoms with E-state index in [1.54, 1.807) is 0 Å². The van der Waals surface area contributed by atoms with Crippen molar-refractivity contribution in [2.24, 2.45) is 23.2 Å². The zero-order valence-corrected chi connectivity index (χ0v) is 27.4. The minimum atomic E-state index is -0.0816. The molecule has 1 aliphatic carbocycles. The van der Waals surface area contributed by atoms with Crippen LogP contribution >= 0.6 is 0 Å². The van der Waals surface area contributed by atoms with Crippen LogP contribution in [0.15, 0.2) is 6.07 Å². The number of carbonyl (C=O) groups excluding carboxylic acids is 3. The number of carbonyl (C=O) groups is 3. The maximum absolute atomic E-state index is 13.6. The molecule has 0 amide bonds. The lowest BCUT2D eigenvalue weighted by Gasteiger charge is -2.33.